The molecule has 1 amide bonds. The Hall–Kier alpha value is -1.51. The first-order chi connectivity index (χ1) is 7.65. The third kappa shape index (κ3) is 2.99. The lowest BCUT2D eigenvalue weighted by molar-refractivity contribution is -0.117. The fourth-order valence-electron chi connectivity index (χ4n) is 1.90. The van der Waals surface area contributed by atoms with Crippen LogP contribution in [-0.2, 0) is 11.2 Å². The Labute approximate surface area is 96.0 Å². The first kappa shape index (κ1) is 11.0. The summed E-state index contributed by atoms with van der Waals surface area (Å²) < 4.78 is 0. The zero-order valence-electron chi connectivity index (χ0n) is 9.57. The SMILES string of the molecule is CC(Nc1ccc(CC(N)=O)cc1)C1CC1. The molecule has 1 unspecified atom stereocenters. The Morgan fingerprint density at radius 3 is 2.56 bits per heavy atom. The monoisotopic (exact) mass is 218 g/mol. The predicted molar refractivity (Wildman–Crippen MR) is 65.1 cm³/mol. The number of nitrogens with two attached hydrogens (primary N) is 1. The topological polar surface area (TPSA) is 55.1 Å². The molecular weight excluding hydrogens is 200 g/mol. The molecule has 1 atom stereocenters. The van der Waals surface area contributed by atoms with Gasteiger partial charge in [0.25, 0.3) is 0 Å². The van der Waals surface area contributed by atoms with E-state index < -0.39 is 0 Å². The van der Waals surface area contributed by atoms with Gasteiger partial charge in [-0.05, 0) is 43.4 Å². The molecule has 3 nitrogen and oxygen atoms in total. The number of rotatable bonds is 5. The van der Waals surface area contributed by atoms with Crippen LogP contribution in [0.1, 0.15) is 25.3 Å². The second-order valence-corrected chi connectivity index (χ2v) is 4.61. The predicted octanol–water partition coefficient (Wildman–Crippen LogP) is 1.92. The van der Waals surface area contributed by atoms with Crippen molar-refractivity contribution in [2.45, 2.75) is 32.2 Å². The third-order valence-corrected chi connectivity index (χ3v) is 3.06. The van der Waals surface area contributed by atoms with E-state index in [0.717, 1.165) is 17.2 Å². The standard InChI is InChI=1S/C13H18N2O/c1-9(11-4-5-11)15-12-6-2-10(3-7-12)8-13(14)16/h2-3,6-7,9,11,15H,4-5,8H2,1H3,(H2,14,16). The van der Waals surface area contributed by atoms with Crippen molar-refractivity contribution < 1.29 is 4.79 Å². The summed E-state index contributed by atoms with van der Waals surface area (Å²) in [6, 6.07) is 8.47. The molecule has 1 aromatic rings. The Morgan fingerprint density at radius 1 is 1.44 bits per heavy atom. The van der Waals surface area contributed by atoms with Gasteiger partial charge in [-0.3, -0.25) is 4.79 Å². The molecule has 1 aromatic carbocycles. The number of carbonyl (C=O) groups excluding carboxylic acids is 1. The van der Waals surface area contributed by atoms with Crippen LogP contribution in [-0.4, -0.2) is 11.9 Å². The van der Waals surface area contributed by atoms with Crippen LogP contribution in [0.5, 0.6) is 0 Å². The van der Waals surface area contributed by atoms with Crippen LogP contribution in [0.2, 0.25) is 0 Å². The van der Waals surface area contributed by atoms with Crippen molar-refractivity contribution >= 4 is 11.6 Å². The fourth-order valence-corrected chi connectivity index (χ4v) is 1.90. The molecule has 0 radical (unpaired) electrons. The average Bonchev–Trinajstić information content (AvgIpc) is 3.03. The summed E-state index contributed by atoms with van der Waals surface area (Å²) in [5, 5.41) is 3.47. The molecule has 0 aliphatic heterocycles. The zero-order valence-corrected chi connectivity index (χ0v) is 9.57. The summed E-state index contributed by atoms with van der Waals surface area (Å²) in [4.78, 5) is 10.7. The molecule has 3 N–H and O–H groups in total. The number of benzene rings is 1. The van der Waals surface area contributed by atoms with Crippen molar-refractivity contribution in [3.63, 3.8) is 0 Å². The smallest absolute Gasteiger partial charge is 0.221 e. The fraction of sp³-hybridized carbons (Fsp3) is 0.462. The molecule has 1 saturated carbocycles. The van der Waals surface area contributed by atoms with E-state index in [1.165, 1.54) is 12.8 Å². The Bertz CT molecular complexity index is 368. The number of amides is 1. The Morgan fingerprint density at radius 2 is 2.06 bits per heavy atom. The molecular formula is C13H18N2O. The number of anilines is 1. The van der Waals surface area contributed by atoms with Crippen molar-refractivity contribution in [3.05, 3.63) is 29.8 Å². The maximum absolute atomic E-state index is 10.7. The molecule has 2 rings (SSSR count). The highest BCUT2D eigenvalue weighted by molar-refractivity contribution is 5.76. The van der Waals surface area contributed by atoms with Crippen LogP contribution >= 0.6 is 0 Å². The van der Waals surface area contributed by atoms with Crippen molar-refractivity contribution in [3.8, 4) is 0 Å². The highest BCUT2D eigenvalue weighted by atomic mass is 16.1. The number of nitrogens with one attached hydrogen (secondary N) is 1. The van der Waals surface area contributed by atoms with Gasteiger partial charge in [-0.2, -0.15) is 0 Å². The van der Waals surface area contributed by atoms with Gasteiger partial charge in [0, 0.05) is 11.7 Å². The normalized spacial score (nSPS) is 16.8. The van der Waals surface area contributed by atoms with E-state index in [2.05, 4.69) is 12.2 Å². The first-order valence-electron chi connectivity index (χ1n) is 5.79. The number of hydrogen-bond acceptors (Lipinski definition) is 2. The minimum absolute atomic E-state index is 0.285. The van der Waals surface area contributed by atoms with E-state index in [-0.39, 0.29) is 5.91 Å². The van der Waals surface area contributed by atoms with Gasteiger partial charge < -0.3 is 11.1 Å². The largest absolute Gasteiger partial charge is 0.382 e. The van der Waals surface area contributed by atoms with E-state index in [0.29, 0.717) is 12.5 Å². The van der Waals surface area contributed by atoms with E-state index >= 15 is 0 Å². The van der Waals surface area contributed by atoms with Gasteiger partial charge in [0.15, 0.2) is 0 Å². The van der Waals surface area contributed by atoms with E-state index in [1.54, 1.807) is 0 Å². The summed E-state index contributed by atoms with van der Waals surface area (Å²) >= 11 is 0. The lowest BCUT2D eigenvalue weighted by atomic mass is 10.1. The van der Waals surface area contributed by atoms with Crippen molar-refractivity contribution in [2.24, 2.45) is 11.7 Å². The van der Waals surface area contributed by atoms with Crippen molar-refractivity contribution in [2.75, 3.05) is 5.32 Å². The highest BCUT2D eigenvalue weighted by Gasteiger charge is 2.27. The summed E-state index contributed by atoms with van der Waals surface area (Å²) in [6.45, 7) is 2.22. The van der Waals surface area contributed by atoms with E-state index in [1.807, 2.05) is 24.3 Å². The molecule has 0 spiro atoms. The van der Waals surface area contributed by atoms with E-state index in [9.17, 15) is 4.79 Å². The lowest BCUT2D eigenvalue weighted by Crippen LogP contribution is -2.17. The van der Waals surface area contributed by atoms with Crippen LogP contribution in [0.25, 0.3) is 0 Å². The van der Waals surface area contributed by atoms with Gasteiger partial charge in [-0.15, -0.1) is 0 Å². The minimum atomic E-state index is -0.285. The first-order valence-corrected chi connectivity index (χ1v) is 5.79. The van der Waals surface area contributed by atoms with Gasteiger partial charge >= 0.3 is 0 Å². The number of primary amides is 1. The molecule has 3 heteroatoms. The molecule has 0 heterocycles. The van der Waals surface area contributed by atoms with Gasteiger partial charge in [-0.25, -0.2) is 0 Å². The minimum Gasteiger partial charge on any atom is -0.382 e. The second-order valence-electron chi connectivity index (χ2n) is 4.61. The van der Waals surface area contributed by atoms with Gasteiger partial charge in [0.1, 0.15) is 0 Å². The van der Waals surface area contributed by atoms with Crippen LogP contribution < -0.4 is 11.1 Å². The third-order valence-electron chi connectivity index (χ3n) is 3.06. The van der Waals surface area contributed by atoms with Crippen LogP contribution in [0.4, 0.5) is 5.69 Å². The molecule has 0 saturated heterocycles. The zero-order chi connectivity index (χ0) is 11.5. The molecule has 86 valence electrons. The van der Waals surface area contributed by atoms with Crippen molar-refractivity contribution in [1.29, 1.82) is 0 Å². The molecule has 16 heavy (non-hydrogen) atoms. The maximum atomic E-state index is 10.7. The Kier molecular flexibility index (Phi) is 3.13. The van der Waals surface area contributed by atoms with E-state index in [4.69, 9.17) is 5.73 Å². The summed E-state index contributed by atoms with van der Waals surface area (Å²) in [7, 11) is 0. The molecule has 1 fully saturated rings. The van der Waals surface area contributed by atoms with Gasteiger partial charge in [0.05, 0.1) is 6.42 Å². The quantitative estimate of drug-likeness (QED) is 0.793. The van der Waals surface area contributed by atoms with Gasteiger partial charge in [-0.1, -0.05) is 12.1 Å². The number of hydrogen-bond donors (Lipinski definition) is 2. The Balaban J connectivity index is 1.93. The maximum Gasteiger partial charge on any atom is 0.221 e. The molecule has 0 aromatic heterocycles. The van der Waals surface area contributed by atoms with Crippen LogP contribution in [0, 0.1) is 5.92 Å². The summed E-state index contributed by atoms with van der Waals surface area (Å²) in [6.07, 6.45) is 3.00. The summed E-state index contributed by atoms with van der Waals surface area (Å²) in [5.74, 6) is 0.553. The molecule has 0 bridgehead atoms. The second kappa shape index (κ2) is 4.56. The van der Waals surface area contributed by atoms with Gasteiger partial charge in [0.2, 0.25) is 5.91 Å². The molecule has 1 aliphatic rings. The number of carbonyl (C=O) groups is 1. The summed E-state index contributed by atoms with van der Waals surface area (Å²) in [5.41, 5.74) is 7.22. The molecule has 1 aliphatic carbocycles. The van der Waals surface area contributed by atoms with Crippen LogP contribution in [0.15, 0.2) is 24.3 Å². The lowest BCUT2D eigenvalue weighted by Gasteiger charge is -2.14. The van der Waals surface area contributed by atoms with Crippen molar-refractivity contribution in [1.82, 2.24) is 0 Å². The van der Waals surface area contributed by atoms with Crippen LogP contribution in [0.3, 0.4) is 0 Å². The highest BCUT2D eigenvalue weighted by Crippen LogP contribution is 2.33. The average molecular weight is 218 g/mol.